The smallest absolute Gasteiger partial charge is 0.236 e. The largest absolute Gasteiger partial charge is 0.349 e. The first kappa shape index (κ1) is 18.0. The second kappa shape index (κ2) is 6.67. The van der Waals surface area contributed by atoms with Crippen LogP contribution in [0, 0.1) is 22.6 Å². The predicted octanol–water partition coefficient (Wildman–Crippen LogP) is 3.07. The molecule has 0 bridgehead atoms. The Hall–Kier alpha value is -2.36. The highest BCUT2D eigenvalue weighted by molar-refractivity contribution is 6.31. The zero-order valence-corrected chi connectivity index (χ0v) is 15.7. The minimum atomic E-state index is -0.502. The molecule has 2 aromatic rings. The predicted molar refractivity (Wildman–Crippen MR) is 105 cm³/mol. The molecule has 1 spiro atoms. The lowest BCUT2D eigenvalue weighted by Gasteiger charge is -2.59. The molecular weight excluding hydrogens is 364 g/mol. The van der Waals surface area contributed by atoms with Crippen molar-refractivity contribution in [3.8, 4) is 6.07 Å². The van der Waals surface area contributed by atoms with Gasteiger partial charge in [-0.05, 0) is 61.8 Å². The molecule has 1 unspecified atom stereocenters. The summed E-state index contributed by atoms with van der Waals surface area (Å²) in [7, 11) is 2.06. The van der Waals surface area contributed by atoms with Crippen LogP contribution in [0.15, 0.2) is 42.5 Å². The van der Waals surface area contributed by atoms with E-state index >= 15 is 0 Å². The Kier molecular flexibility index (Phi) is 4.45. The van der Waals surface area contributed by atoms with E-state index < -0.39 is 11.2 Å². The summed E-state index contributed by atoms with van der Waals surface area (Å²) in [6.07, 6.45) is 1.55. The maximum Gasteiger partial charge on any atom is 0.236 e. The summed E-state index contributed by atoms with van der Waals surface area (Å²) in [4.78, 5) is 17.2. The van der Waals surface area contributed by atoms with Crippen molar-refractivity contribution in [2.75, 3.05) is 18.0 Å². The Morgan fingerprint density at radius 1 is 1.19 bits per heavy atom. The summed E-state index contributed by atoms with van der Waals surface area (Å²) in [5.41, 5.74) is 1.71. The average molecular weight is 382 g/mol. The molecule has 1 amide bonds. The molecule has 27 heavy (non-hydrogen) atoms. The fraction of sp³-hybridized carbons (Fsp3) is 0.300. The van der Waals surface area contributed by atoms with E-state index in [-0.39, 0.29) is 17.0 Å². The fourth-order valence-corrected chi connectivity index (χ4v) is 4.44. The molecule has 7 heteroatoms. The van der Waals surface area contributed by atoms with Gasteiger partial charge in [0.1, 0.15) is 5.82 Å². The number of carbonyl (C=O) groups excluding carboxylic acids is 1. The van der Waals surface area contributed by atoms with Gasteiger partial charge in [-0.2, -0.15) is 5.26 Å². The number of anilines is 1. The molecule has 2 aliphatic heterocycles. The van der Waals surface area contributed by atoms with Crippen LogP contribution in [-0.4, -0.2) is 31.8 Å². The molecule has 2 fully saturated rings. The molecule has 136 valence electrons. The second-order valence-electron chi connectivity index (χ2n) is 7.37. The lowest BCUT2D eigenvalue weighted by molar-refractivity contribution is -0.143. The van der Waals surface area contributed by atoms with Crippen molar-refractivity contribution < 1.29 is 9.18 Å². The highest BCUT2D eigenvalue weighted by Gasteiger charge is 2.61. The second-order valence-corrected chi connectivity index (χ2v) is 7.78. The van der Waals surface area contributed by atoms with Crippen molar-refractivity contribution in [2.24, 2.45) is 5.41 Å². The number of halogens is 2. The number of hydrogen-bond donors (Lipinski definition) is 0. The number of carbonyl (C=O) groups is 1. The number of benzene rings is 2. The van der Waals surface area contributed by atoms with Gasteiger partial charge in [-0.3, -0.25) is 4.79 Å². The van der Waals surface area contributed by atoms with E-state index in [1.165, 1.54) is 12.1 Å². The normalized spacial score (nSPS) is 21.7. The first-order chi connectivity index (χ1) is 13.0. The number of rotatable bonds is 2. The van der Waals surface area contributed by atoms with Crippen LogP contribution < -0.4 is 4.90 Å². The highest BCUT2D eigenvalue weighted by Crippen LogP contribution is 2.57. The summed E-state index contributed by atoms with van der Waals surface area (Å²) in [5.74, 6) is -0.440. The molecule has 0 radical (unpaired) electrons. The Labute approximate surface area is 163 Å². The Morgan fingerprint density at radius 2 is 1.85 bits per heavy atom. The monoisotopic (exact) mass is 381 g/mol. The van der Waals surface area contributed by atoms with Gasteiger partial charge in [-0.1, -0.05) is 23.7 Å². The topological polar surface area (TPSA) is 47.3 Å². The number of piperidine rings is 1. The lowest BCUT2D eigenvalue weighted by Crippen LogP contribution is -2.66. The van der Waals surface area contributed by atoms with Crippen LogP contribution in [0.5, 0.6) is 0 Å². The SMILES string of the molecule is BN1CCC2(CC1)C(=O)N(c1ccc(F)c(Cl)c1)C2c1ccc(C#N)cc1. The van der Waals surface area contributed by atoms with E-state index in [4.69, 9.17) is 16.9 Å². The zero-order chi connectivity index (χ0) is 19.2. The van der Waals surface area contributed by atoms with Gasteiger partial charge < -0.3 is 9.71 Å². The quantitative estimate of drug-likeness (QED) is 0.593. The van der Waals surface area contributed by atoms with E-state index in [1.807, 2.05) is 12.1 Å². The van der Waals surface area contributed by atoms with Crippen LogP contribution in [0.2, 0.25) is 5.02 Å². The fourth-order valence-electron chi connectivity index (χ4n) is 4.27. The molecule has 4 nitrogen and oxygen atoms in total. The maximum atomic E-state index is 13.6. The highest BCUT2D eigenvalue weighted by atomic mass is 35.5. The molecule has 0 aromatic heterocycles. The van der Waals surface area contributed by atoms with Gasteiger partial charge in [0.2, 0.25) is 5.91 Å². The summed E-state index contributed by atoms with van der Waals surface area (Å²) < 4.78 is 13.6. The van der Waals surface area contributed by atoms with Crippen molar-refractivity contribution in [2.45, 2.75) is 18.9 Å². The van der Waals surface area contributed by atoms with Crippen LogP contribution in [0.1, 0.15) is 30.0 Å². The first-order valence-corrected chi connectivity index (χ1v) is 9.31. The molecular formula is C20H18BClFN3O. The van der Waals surface area contributed by atoms with Gasteiger partial charge in [-0.25, -0.2) is 4.39 Å². The zero-order valence-electron chi connectivity index (χ0n) is 15.0. The number of nitrogens with zero attached hydrogens (tertiary/aromatic N) is 3. The van der Waals surface area contributed by atoms with Crippen LogP contribution in [0.3, 0.4) is 0 Å². The van der Waals surface area contributed by atoms with E-state index in [2.05, 4.69) is 18.9 Å². The van der Waals surface area contributed by atoms with E-state index in [0.29, 0.717) is 11.3 Å². The van der Waals surface area contributed by atoms with Crippen molar-refractivity contribution in [1.82, 2.24) is 4.81 Å². The van der Waals surface area contributed by atoms with E-state index in [1.54, 1.807) is 23.1 Å². The van der Waals surface area contributed by atoms with Gasteiger partial charge in [0, 0.05) is 5.69 Å². The Bertz CT molecular complexity index is 935. The summed E-state index contributed by atoms with van der Waals surface area (Å²) >= 11 is 5.96. The first-order valence-electron chi connectivity index (χ1n) is 8.93. The van der Waals surface area contributed by atoms with Gasteiger partial charge in [0.05, 0.1) is 28.1 Å². The van der Waals surface area contributed by atoms with Gasteiger partial charge in [0.15, 0.2) is 7.98 Å². The van der Waals surface area contributed by atoms with Crippen molar-refractivity contribution in [3.05, 3.63) is 64.4 Å². The van der Waals surface area contributed by atoms with E-state index in [0.717, 1.165) is 31.5 Å². The third-order valence-corrected chi connectivity index (χ3v) is 6.13. The number of amides is 1. The summed E-state index contributed by atoms with van der Waals surface area (Å²) in [6, 6.07) is 13.7. The average Bonchev–Trinajstić information content (AvgIpc) is 2.69. The number of β-lactam (4-membered cyclic amide) rings is 1. The molecule has 2 aliphatic rings. The third kappa shape index (κ3) is 2.82. The molecule has 1 atom stereocenters. The Morgan fingerprint density at radius 3 is 2.44 bits per heavy atom. The van der Waals surface area contributed by atoms with Gasteiger partial charge in [-0.15, -0.1) is 0 Å². The molecule has 0 saturated carbocycles. The standard InChI is InChI=1S/C20H18BClFN3O/c21-25-9-7-20(8-10-25)18(14-3-1-13(12-24)2-4-14)26(19(20)27)15-5-6-17(23)16(22)11-15/h1-6,11,18H,7-10,21H2. The van der Waals surface area contributed by atoms with E-state index in [9.17, 15) is 9.18 Å². The van der Waals surface area contributed by atoms with Crippen molar-refractivity contribution >= 4 is 31.2 Å². The van der Waals surface area contributed by atoms with Crippen LogP contribution in [0.25, 0.3) is 0 Å². The number of hydrogen-bond acceptors (Lipinski definition) is 3. The molecule has 0 aliphatic carbocycles. The summed E-state index contributed by atoms with van der Waals surface area (Å²) in [5, 5.41) is 9.07. The lowest BCUT2D eigenvalue weighted by atomic mass is 9.61. The van der Waals surface area contributed by atoms with Gasteiger partial charge >= 0.3 is 0 Å². The summed E-state index contributed by atoms with van der Waals surface area (Å²) in [6.45, 7) is 1.72. The maximum absolute atomic E-state index is 13.6. The molecule has 2 heterocycles. The van der Waals surface area contributed by atoms with Crippen LogP contribution in [-0.2, 0) is 4.79 Å². The minimum Gasteiger partial charge on any atom is -0.349 e. The van der Waals surface area contributed by atoms with Crippen molar-refractivity contribution in [3.63, 3.8) is 0 Å². The van der Waals surface area contributed by atoms with Crippen LogP contribution in [0.4, 0.5) is 10.1 Å². The molecule has 2 aromatic carbocycles. The van der Waals surface area contributed by atoms with Crippen LogP contribution >= 0.6 is 11.6 Å². The Balaban J connectivity index is 1.77. The number of nitriles is 1. The third-order valence-electron chi connectivity index (χ3n) is 5.84. The minimum absolute atomic E-state index is 0.00297. The molecule has 2 saturated heterocycles. The van der Waals surface area contributed by atoms with Gasteiger partial charge in [0.25, 0.3) is 0 Å². The molecule has 0 N–H and O–H groups in total. The molecule has 4 rings (SSSR count). The van der Waals surface area contributed by atoms with Crippen molar-refractivity contribution in [1.29, 1.82) is 5.26 Å².